The molecule has 0 N–H and O–H groups in total. The molecule has 0 saturated heterocycles. The lowest BCUT2D eigenvalue weighted by Gasteiger charge is -2.15. The fraction of sp³-hybridized carbons (Fsp3) is 0.533. The second kappa shape index (κ2) is 7.48. The molecule has 0 atom stereocenters. The van der Waals surface area contributed by atoms with Crippen molar-refractivity contribution < 1.29 is 9.22 Å². The van der Waals surface area contributed by atoms with E-state index in [1.54, 1.807) is 6.20 Å². The van der Waals surface area contributed by atoms with Crippen molar-refractivity contribution in [1.82, 2.24) is 14.5 Å². The zero-order valence-corrected chi connectivity index (χ0v) is 15.7. The van der Waals surface area contributed by atoms with E-state index in [1.165, 1.54) is 0 Å². The van der Waals surface area contributed by atoms with Crippen molar-refractivity contribution in [2.45, 2.75) is 45.2 Å². The first-order chi connectivity index (χ1) is 10.4. The lowest BCUT2D eigenvalue weighted by molar-refractivity contribution is 0.111. The summed E-state index contributed by atoms with van der Waals surface area (Å²) in [6, 6.07) is 1.87. The molecule has 2 aromatic rings. The molecule has 0 fully saturated rings. The summed E-state index contributed by atoms with van der Waals surface area (Å²) < 4.78 is 8.42. The zero-order valence-electron chi connectivity index (χ0n) is 13.1. The number of hydrogen-bond acceptors (Lipinski definition) is 4. The van der Waals surface area contributed by atoms with Crippen LogP contribution in [0.1, 0.15) is 44.2 Å². The molecule has 0 unspecified atom stereocenters. The number of carbonyl (C=O) groups is 1. The van der Waals surface area contributed by atoms with Gasteiger partial charge in [-0.05, 0) is 39.9 Å². The Morgan fingerprint density at radius 1 is 1.41 bits per heavy atom. The molecule has 2 rings (SSSR count). The lowest BCUT2D eigenvalue weighted by Crippen LogP contribution is -2.13. The summed E-state index contributed by atoms with van der Waals surface area (Å²) in [4.78, 5) is 19.9. The Hall–Kier alpha value is -1.05. The van der Waals surface area contributed by atoms with E-state index in [-0.39, 0.29) is 5.04 Å². The van der Waals surface area contributed by atoms with Crippen molar-refractivity contribution in [3.63, 3.8) is 0 Å². The summed E-state index contributed by atoms with van der Waals surface area (Å²) in [7, 11) is 0.513. The monoisotopic (exact) mass is 381 g/mol. The molecule has 0 saturated carbocycles. The predicted octanol–water partition coefficient (Wildman–Crippen LogP) is 3.64. The Kier molecular flexibility index (Phi) is 5.88. The Morgan fingerprint density at radius 2 is 2.18 bits per heavy atom. The molecule has 0 aliphatic carbocycles. The topological polar surface area (TPSA) is 57.0 Å². The molecule has 0 aliphatic heterocycles. The molecule has 5 nitrogen and oxygen atoms in total. The van der Waals surface area contributed by atoms with Gasteiger partial charge in [0, 0.05) is 23.8 Å². The maximum Gasteiger partial charge on any atom is 0.235 e. The number of fused-ring (bicyclic) bond motifs is 1. The number of aldehydes is 1. The predicted molar refractivity (Wildman–Crippen MR) is 91.3 cm³/mol. The highest BCUT2D eigenvalue weighted by atomic mass is 79.9. The lowest BCUT2D eigenvalue weighted by atomic mass is 10.3. The minimum atomic E-state index is 0.225. The SMILES string of the molecule is CC(C)(C)[Si]OCCCCn1c(C=O)nc2cc(Br)cnc21. The molecule has 2 radical (unpaired) electrons. The summed E-state index contributed by atoms with van der Waals surface area (Å²) in [5, 5.41) is 0.225. The van der Waals surface area contributed by atoms with E-state index in [1.807, 2.05) is 10.6 Å². The van der Waals surface area contributed by atoms with Gasteiger partial charge in [-0.2, -0.15) is 0 Å². The summed E-state index contributed by atoms with van der Waals surface area (Å²) in [6.07, 6.45) is 4.39. The number of imidazole rings is 1. The van der Waals surface area contributed by atoms with Gasteiger partial charge in [0.15, 0.2) is 17.8 Å². The van der Waals surface area contributed by atoms with E-state index in [9.17, 15) is 4.79 Å². The molecule has 0 spiro atoms. The summed E-state index contributed by atoms with van der Waals surface area (Å²) in [5.74, 6) is 0.429. The Balaban J connectivity index is 1.92. The Bertz CT molecular complexity index is 652. The molecular formula is C15H20BrN3O2Si. The standard InChI is InChI=1S/C15H20BrN3O2Si/c1-15(2,3)22-21-7-5-4-6-19-13(10-20)18-12-8-11(16)9-17-14(12)19/h8-10H,4-7H2,1-3H3. The van der Waals surface area contributed by atoms with Crippen LogP contribution >= 0.6 is 15.9 Å². The van der Waals surface area contributed by atoms with Crippen molar-refractivity contribution in [1.29, 1.82) is 0 Å². The number of aromatic nitrogens is 3. The summed E-state index contributed by atoms with van der Waals surface area (Å²) in [6.45, 7) is 7.98. The first-order valence-electron chi connectivity index (χ1n) is 7.26. The molecular weight excluding hydrogens is 362 g/mol. The van der Waals surface area contributed by atoms with Crippen molar-refractivity contribution in [3.8, 4) is 0 Å². The van der Waals surface area contributed by atoms with Gasteiger partial charge < -0.3 is 8.99 Å². The first-order valence-corrected chi connectivity index (χ1v) is 8.97. The van der Waals surface area contributed by atoms with Crippen LogP contribution in [0, 0.1) is 0 Å². The number of pyridine rings is 1. The second-order valence-electron chi connectivity index (χ2n) is 6.14. The van der Waals surface area contributed by atoms with Crippen LogP contribution in [0.2, 0.25) is 5.04 Å². The molecule has 0 aliphatic rings. The van der Waals surface area contributed by atoms with Gasteiger partial charge in [0.1, 0.15) is 5.52 Å². The number of aryl methyl sites for hydroxylation is 1. The van der Waals surface area contributed by atoms with Crippen molar-refractivity contribution in [2.24, 2.45) is 0 Å². The van der Waals surface area contributed by atoms with Gasteiger partial charge in [-0.3, -0.25) is 4.79 Å². The number of halogens is 1. The highest BCUT2D eigenvalue weighted by Crippen LogP contribution is 2.20. The third-order valence-electron chi connectivity index (χ3n) is 2.94. The summed E-state index contributed by atoms with van der Waals surface area (Å²) in [5.41, 5.74) is 1.49. The highest BCUT2D eigenvalue weighted by Gasteiger charge is 2.13. The number of rotatable bonds is 7. The van der Waals surface area contributed by atoms with Crippen molar-refractivity contribution in [3.05, 3.63) is 22.6 Å². The van der Waals surface area contributed by atoms with Gasteiger partial charge in [-0.15, -0.1) is 0 Å². The highest BCUT2D eigenvalue weighted by molar-refractivity contribution is 9.10. The van der Waals surface area contributed by atoms with Gasteiger partial charge in [0.05, 0.1) is 0 Å². The van der Waals surface area contributed by atoms with Gasteiger partial charge in [0.2, 0.25) is 9.76 Å². The summed E-state index contributed by atoms with van der Waals surface area (Å²) >= 11 is 3.37. The van der Waals surface area contributed by atoms with Crippen LogP contribution in [0.3, 0.4) is 0 Å². The van der Waals surface area contributed by atoms with Crippen LogP contribution < -0.4 is 0 Å². The Morgan fingerprint density at radius 3 is 2.86 bits per heavy atom. The first kappa shape index (κ1) is 17.3. The van der Waals surface area contributed by atoms with E-state index in [2.05, 4.69) is 46.7 Å². The smallest absolute Gasteiger partial charge is 0.235 e. The van der Waals surface area contributed by atoms with Crippen LogP contribution in [0.5, 0.6) is 0 Å². The van der Waals surface area contributed by atoms with E-state index in [4.69, 9.17) is 4.43 Å². The number of hydrogen-bond donors (Lipinski definition) is 0. The van der Waals surface area contributed by atoms with Gasteiger partial charge >= 0.3 is 0 Å². The second-order valence-corrected chi connectivity index (χ2v) is 9.05. The van der Waals surface area contributed by atoms with Crippen molar-refractivity contribution >= 4 is 43.1 Å². The van der Waals surface area contributed by atoms with Crippen LogP contribution in [-0.2, 0) is 11.0 Å². The molecule has 0 aromatic carbocycles. The largest absolute Gasteiger partial charge is 0.417 e. The third-order valence-corrected chi connectivity index (χ3v) is 4.34. The van der Waals surface area contributed by atoms with E-state index in [0.717, 1.165) is 47.9 Å². The van der Waals surface area contributed by atoms with Crippen LogP contribution in [-0.4, -0.2) is 37.2 Å². The van der Waals surface area contributed by atoms with Crippen LogP contribution in [0.15, 0.2) is 16.7 Å². The molecule has 2 heterocycles. The molecule has 22 heavy (non-hydrogen) atoms. The van der Waals surface area contributed by atoms with E-state index >= 15 is 0 Å². The third kappa shape index (κ3) is 4.72. The normalized spacial score (nSPS) is 12.0. The average molecular weight is 382 g/mol. The van der Waals surface area contributed by atoms with Crippen molar-refractivity contribution in [2.75, 3.05) is 6.61 Å². The quantitative estimate of drug-likeness (QED) is 0.417. The molecule has 0 bridgehead atoms. The zero-order chi connectivity index (χ0) is 16.2. The maximum atomic E-state index is 11.2. The van der Waals surface area contributed by atoms with Crippen LogP contribution in [0.4, 0.5) is 0 Å². The maximum absolute atomic E-state index is 11.2. The van der Waals surface area contributed by atoms with E-state index < -0.39 is 0 Å². The average Bonchev–Trinajstić information content (AvgIpc) is 2.78. The van der Waals surface area contributed by atoms with Crippen LogP contribution in [0.25, 0.3) is 11.2 Å². The molecule has 118 valence electrons. The minimum absolute atomic E-state index is 0.225. The minimum Gasteiger partial charge on any atom is -0.417 e. The Labute approximate surface area is 141 Å². The van der Waals surface area contributed by atoms with Gasteiger partial charge in [0.25, 0.3) is 0 Å². The molecule has 0 amide bonds. The number of unbranched alkanes of at least 4 members (excludes halogenated alkanes) is 1. The fourth-order valence-corrected chi connectivity index (χ4v) is 3.02. The van der Waals surface area contributed by atoms with Gasteiger partial charge in [-0.25, -0.2) is 9.97 Å². The van der Waals surface area contributed by atoms with E-state index in [0.29, 0.717) is 15.6 Å². The number of carbonyl (C=O) groups excluding carboxylic acids is 1. The molecule has 7 heteroatoms. The van der Waals surface area contributed by atoms with Gasteiger partial charge in [-0.1, -0.05) is 20.8 Å². The number of nitrogens with zero attached hydrogens (tertiary/aromatic N) is 3. The fourth-order valence-electron chi connectivity index (χ4n) is 2.03. The molecule has 2 aromatic heterocycles.